The van der Waals surface area contributed by atoms with Crippen LogP contribution < -0.4 is 5.32 Å². The van der Waals surface area contributed by atoms with Crippen LogP contribution in [0.15, 0.2) is 48.7 Å². The van der Waals surface area contributed by atoms with Gasteiger partial charge in [-0.25, -0.2) is 9.50 Å². The molecule has 4 heteroatoms. The molecule has 1 aromatic carbocycles. The molecule has 18 heavy (non-hydrogen) atoms. The maximum atomic E-state index is 4.61. The first-order chi connectivity index (χ1) is 8.88. The van der Waals surface area contributed by atoms with Crippen LogP contribution in [0.5, 0.6) is 0 Å². The average Bonchev–Trinajstić information content (AvgIpc) is 2.85. The summed E-state index contributed by atoms with van der Waals surface area (Å²) in [7, 11) is 1.93. The Kier molecular flexibility index (Phi) is 2.78. The third kappa shape index (κ3) is 1.87. The van der Waals surface area contributed by atoms with Crippen LogP contribution >= 0.6 is 0 Å². The van der Waals surface area contributed by atoms with Crippen LogP contribution in [-0.4, -0.2) is 21.6 Å². The number of hydrogen-bond acceptors (Lipinski definition) is 3. The van der Waals surface area contributed by atoms with Gasteiger partial charge < -0.3 is 5.32 Å². The zero-order valence-electron chi connectivity index (χ0n) is 10.2. The van der Waals surface area contributed by atoms with E-state index in [0.29, 0.717) is 0 Å². The third-order valence-corrected chi connectivity index (χ3v) is 2.84. The molecule has 0 aliphatic carbocycles. The van der Waals surface area contributed by atoms with Gasteiger partial charge in [0, 0.05) is 23.9 Å². The van der Waals surface area contributed by atoms with Crippen molar-refractivity contribution in [2.45, 2.75) is 6.54 Å². The molecule has 0 fully saturated rings. The lowest BCUT2D eigenvalue weighted by atomic mass is 10.2. The van der Waals surface area contributed by atoms with Crippen molar-refractivity contribution in [3.8, 4) is 11.4 Å². The smallest absolute Gasteiger partial charge is 0.182 e. The fourth-order valence-corrected chi connectivity index (χ4v) is 2.00. The predicted octanol–water partition coefficient (Wildman–Crippen LogP) is 2.12. The largest absolute Gasteiger partial charge is 0.316 e. The summed E-state index contributed by atoms with van der Waals surface area (Å²) in [4.78, 5) is 4.61. The number of aromatic nitrogens is 3. The minimum absolute atomic E-state index is 0.763. The van der Waals surface area contributed by atoms with Gasteiger partial charge in [-0.15, -0.1) is 5.10 Å². The fraction of sp³-hybridized carbons (Fsp3) is 0.143. The normalized spacial score (nSPS) is 10.9. The van der Waals surface area contributed by atoms with E-state index in [4.69, 9.17) is 0 Å². The van der Waals surface area contributed by atoms with Gasteiger partial charge in [0.1, 0.15) is 0 Å². The monoisotopic (exact) mass is 238 g/mol. The van der Waals surface area contributed by atoms with Crippen LogP contribution in [0.4, 0.5) is 0 Å². The van der Waals surface area contributed by atoms with Gasteiger partial charge in [0.05, 0.1) is 0 Å². The molecule has 3 rings (SSSR count). The second-order valence-corrected chi connectivity index (χ2v) is 4.13. The van der Waals surface area contributed by atoms with Crippen molar-refractivity contribution in [3.05, 3.63) is 54.2 Å². The highest BCUT2D eigenvalue weighted by molar-refractivity contribution is 5.59. The topological polar surface area (TPSA) is 42.2 Å². The second kappa shape index (κ2) is 4.58. The quantitative estimate of drug-likeness (QED) is 0.760. The Bertz CT molecular complexity index is 658. The molecule has 0 atom stereocenters. The van der Waals surface area contributed by atoms with Crippen LogP contribution in [0.1, 0.15) is 5.56 Å². The van der Waals surface area contributed by atoms with E-state index in [9.17, 15) is 0 Å². The summed E-state index contributed by atoms with van der Waals surface area (Å²) in [6.45, 7) is 0.789. The first-order valence-electron chi connectivity index (χ1n) is 5.93. The molecule has 1 N–H and O–H groups in total. The molecule has 0 spiro atoms. The molecule has 0 radical (unpaired) electrons. The van der Waals surface area contributed by atoms with Gasteiger partial charge in [-0.3, -0.25) is 0 Å². The highest BCUT2D eigenvalue weighted by Gasteiger charge is 2.08. The van der Waals surface area contributed by atoms with Gasteiger partial charge in [-0.05, 0) is 13.1 Å². The second-order valence-electron chi connectivity index (χ2n) is 4.13. The lowest BCUT2D eigenvalue weighted by Gasteiger charge is -1.99. The zero-order chi connectivity index (χ0) is 12.4. The fourth-order valence-electron chi connectivity index (χ4n) is 2.00. The van der Waals surface area contributed by atoms with E-state index in [0.717, 1.165) is 29.1 Å². The van der Waals surface area contributed by atoms with Crippen LogP contribution in [0.2, 0.25) is 0 Å². The molecule has 2 heterocycles. The Labute approximate surface area is 105 Å². The van der Waals surface area contributed by atoms with E-state index in [2.05, 4.69) is 21.5 Å². The number of nitrogens with zero attached hydrogens (tertiary/aromatic N) is 3. The van der Waals surface area contributed by atoms with E-state index >= 15 is 0 Å². The summed E-state index contributed by atoms with van der Waals surface area (Å²) in [6, 6.07) is 14.1. The van der Waals surface area contributed by atoms with E-state index in [1.165, 1.54) is 0 Å². The third-order valence-electron chi connectivity index (χ3n) is 2.84. The molecule has 0 saturated heterocycles. The van der Waals surface area contributed by atoms with E-state index in [1.54, 1.807) is 0 Å². The van der Waals surface area contributed by atoms with Crippen molar-refractivity contribution in [2.75, 3.05) is 7.05 Å². The molecular formula is C14H14N4. The molecule has 0 amide bonds. The van der Waals surface area contributed by atoms with Gasteiger partial charge in [-0.2, -0.15) is 0 Å². The minimum Gasteiger partial charge on any atom is -0.316 e. The van der Waals surface area contributed by atoms with Crippen molar-refractivity contribution in [1.29, 1.82) is 0 Å². The summed E-state index contributed by atoms with van der Waals surface area (Å²) in [6.07, 6.45) is 1.92. The molecular weight excluding hydrogens is 224 g/mol. The minimum atomic E-state index is 0.763. The Morgan fingerprint density at radius 1 is 1.11 bits per heavy atom. The highest BCUT2D eigenvalue weighted by Crippen LogP contribution is 2.17. The Hall–Kier alpha value is -2.20. The molecule has 0 bridgehead atoms. The predicted molar refractivity (Wildman–Crippen MR) is 71.2 cm³/mol. The van der Waals surface area contributed by atoms with Gasteiger partial charge >= 0.3 is 0 Å². The standard InChI is InChI=1S/C14H14N4/c1-15-10-12-8-5-9-18-14(12)16-13(17-18)11-6-3-2-4-7-11/h2-9,15H,10H2,1H3. The molecule has 0 saturated carbocycles. The molecule has 0 unspecified atom stereocenters. The van der Waals surface area contributed by atoms with E-state index < -0.39 is 0 Å². The van der Waals surface area contributed by atoms with Gasteiger partial charge in [0.15, 0.2) is 11.5 Å². The Morgan fingerprint density at radius 2 is 1.94 bits per heavy atom. The van der Waals surface area contributed by atoms with E-state index in [-0.39, 0.29) is 0 Å². The number of nitrogens with one attached hydrogen (secondary N) is 1. The molecule has 4 nitrogen and oxygen atoms in total. The van der Waals surface area contributed by atoms with Gasteiger partial charge in [0.25, 0.3) is 0 Å². The number of fused-ring (bicyclic) bond motifs is 1. The summed E-state index contributed by atoms with van der Waals surface area (Å²) in [5, 5.41) is 7.65. The molecule has 0 aliphatic heterocycles. The average molecular weight is 238 g/mol. The summed E-state index contributed by atoms with van der Waals surface area (Å²) in [5.74, 6) is 0.763. The van der Waals surface area contributed by atoms with Crippen LogP contribution in [0, 0.1) is 0 Å². The van der Waals surface area contributed by atoms with Gasteiger partial charge in [0.2, 0.25) is 0 Å². The first kappa shape index (κ1) is 10.9. The van der Waals surface area contributed by atoms with E-state index in [1.807, 2.05) is 54.2 Å². The Balaban J connectivity index is 2.14. The van der Waals surface area contributed by atoms with Crippen molar-refractivity contribution in [3.63, 3.8) is 0 Å². The molecule has 0 aliphatic rings. The number of benzene rings is 1. The summed E-state index contributed by atoms with van der Waals surface area (Å²) >= 11 is 0. The SMILES string of the molecule is CNCc1cccn2nc(-c3ccccc3)nc12. The lowest BCUT2D eigenvalue weighted by Crippen LogP contribution is -2.06. The maximum Gasteiger partial charge on any atom is 0.182 e. The first-order valence-corrected chi connectivity index (χ1v) is 5.93. The zero-order valence-corrected chi connectivity index (χ0v) is 10.2. The summed E-state index contributed by atoms with van der Waals surface area (Å²) < 4.78 is 1.83. The van der Waals surface area contributed by atoms with Crippen LogP contribution in [0.25, 0.3) is 17.0 Å². The molecule has 3 aromatic rings. The molecule has 2 aromatic heterocycles. The van der Waals surface area contributed by atoms with Gasteiger partial charge in [-0.1, -0.05) is 36.4 Å². The maximum absolute atomic E-state index is 4.61. The van der Waals surface area contributed by atoms with Crippen LogP contribution in [0.3, 0.4) is 0 Å². The number of hydrogen-bond donors (Lipinski definition) is 1. The van der Waals surface area contributed by atoms with Crippen LogP contribution in [-0.2, 0) is 6.54 Å². The molecule has 90 valence electrons. The lowest BCUT2D eigenvalue weighted by molar-refractivity contribution is 0.812. The van der Waals surface area contributed by atoms with Crippen molar-refractivity contribution in [1.82, 2.24) is 19.9 Å². The highest BCUT2D eigenvalue weighted by atomic mass is 15.3. The number of rotatable bonds is 3. The number of pyridine rings is 1. The van der Waals surface area contributed by atoms with Crippen molar-refractivity contribution in [2.24, 2.45) is 0 Å². The summed E-state index contributed by atoms with van der Waals surface area (Å²) in [5.41, 5.74) is 3.09. The Morgan fingerprint density at radius 3 is 2.72 bits per heavy atom. The van der Waals surface area contributed by atoms with Crippen molar-refractivity contribution < 1.29 is 0 Å². The van der Waals surface area contributed by atoms with Crippen molar-refractivity contribution >= 4 is 5.65 Å².